The van der Waals surface area contributed by atoms with Crippen LogP contribution in [0.2, 0.25) is 0 Å². The highest BCUT2D eigenvalue weighted by molar-refractivity contribution is 6.05. The van der Waals surface area contributed by atoms with Gasteiger partial charge in [0, 0.05) is 17.4 Å². The van der Waals surface area contributed by atoms with E-state index >= 15 is 0 Å². The van der Waals surface area contributed by atoms with Gasteiger partial charge in [-0.25, -0.2) is 0 Å². The molecule has 1 atom stereocenters. The predicted octanol–water partition coefficient (Wildman–Crippen LogP) is 4.33. The summed E-state index contributed by atoms with van der Waals surface area (Å²) >= 11 is 0. The first-order valence-corrected chi connectivity index (χ1v) is 8.56. The van der Waals surface area contributed by atoms with Crippen LogP contribution < -0.4 is 4.74 Å². The molecule has 0 fully saturated rings. The fourth-order valence-corrected chi connectivity index (χ4v) is 2.93. The summed E-state index contributed by atoms with van der Waals surface area (Å²) in [7, 11) is 0. The molecule has 0 aromatic heterocycles. The highest BCUT2D eigenvalue weighted by Gasteiger charge is 2.12. The summed E-state index contributed by atoms with van der Waals surface area (Å²) in [6.45, 7) is 5.17. The van der Waals surface area contributed by atoms with Crippen molar-refractivity contribution in [1.29, 1.82) is 0 Å². The first-order chi connectivity index (χ1) is 11.7. The van der Waals surface area contributed by atoms with Gasteiger partial charge in [-0.2, -0.15) is 0 Å². The summed E-state index contributed by atoms with van der Waals surface area (Å²) in [6.07, 6.45) is 0.350. The lowest BCUT2D eigenvalue weighted by Crippen LogP contribution is -2.23. The molecule has 0 saturated carbocycles. The molecule has 0 aliphatic heterocycles. The van der Waals surface area contributed by atoms with Crippen molar-refractivity contribution in [2.75, 3.05) is 19.8 Å². The molecule has 1 unspecified atom stereocenters. The minimum absolute atomic E-state index is 0.222. The Kier molecular flexibility index (Phi) is 5.34. The van der Waals surface area contributed by atoms with E-state index in [-0.39, 0.29) is 6.61 Å². The van der Waals surface area contributed by atoms with Crippen LogP contribution in [0.5, 0.6) is 5.75 Å². The molecule has 0 saturated heterocycles. The lowest BCUT2D eigenvalue weighted by molar-refractivity contribution is 0.0170. The predicted molar refractivity (Wildman–Crippen MR) is 98.8 cm³/mol. The van der Waals surface area contributed by atoms with E-state index < -0.39 is 6.10 Å². The second-order valence-electron chi connectivity index (χ2n) is 5.96. The Bertz CT molecular complexity index is 826. The molecule has 0 aliphatic rings. The number of ether oxygens (including phenoxy) is 2. The molecular formula is C21H24O3. The second kappa shape index (κ2) is 7.65. The normalized spacial score (nSPS) is 12.6. The zero-order valence-corrected chi connectivity index (χ0v) is 14.3. The van der Waals surface area contributed by atoms with Crippen molar-refractivity contribution in [2.45, 2.75) is 26.4 Å². The number of rotatable bonds is 7. The third-order valence-corrected chi connectivity index (χ3v) is 4.22. The first-order valence-electron chi connectivity index (χ1n) is 8.56. The van der Waals surface area contributed by atoms with Gasteiger partial charge in [0.25, 0.3) is 0 Å². The van der Waals surface area contributed by atoms with E-state index in [2.05, 4.69) is 43.3 Å². The van der Waals surface area contributed by atoms with Crippen molar-refractivity contribution >= 4 is 21.5 Å². The number of aryl methyl sites for hydroxylation is 1. The monoisotopic (exact) mass is 324 g/mol. The maximum atomic E-state index is 10.0. The van der Waals surface area contributed by atoms with Gasteiger partial charge < -0.3 is 14.6 Å². The summed E-state index contributed by atoms with van der Waals surface area (Å²) in [5.74, 6) is 0.842. The fourth-order valence-electron chi connectivity index (χ4n) is 2.93. The van der Waals surface area contributed by atoms with Gasteiger partial charge in [-0.05, 0) is 41.8 Å². The van der Waals surface area contributed by atoms with Crippen LogP contribution in [0, 0.1) is 0 Å². The van der Waals surface area contributed by atoms with Gasteiger partial charge in [-0.1, -0.05) is 43.3 Å². The van der Waals surface area contributed by atoms with E-state index in [4.69, 9.17) is 9.47 Å². The van der Waals surface area contributed by atoms with Crippen molar-refractivity contribution in [1.82, 2.24) is 0 Å². The molecule has 3 aromatic rings. The molecule has 0 spiro atoms. The van der Waals surface area contributed by atoms with E-state index in [0.29, 0.717) is 13.2 Å². The van der Waals surface area contributed by atoms with Gasteiger partial charge in [0.05, 0.1) is 6.61 Å². The minimum Gasteiger partial charge on any atom is -0.489 e. The average molecular weight is 324 g/mol. The number of aliphatic hydroxyl groups excluding tert-OH is 1. The molecule has 0 bridgehead atoms. The van der Waals surface area contributed by atoms with Crippen molar-refractivity contribution in [2.24, 2.45) is 0 Å². The zero-order valence-electron chi connectivity index (χ0n) is 14.3. The second-order valence-corrected chi connectivity index (χ2v) is 5.96. The number of benzene rings is 3. The standard InChI is InChI=1S/C21H24O3/c1-3-15-9-10-17-12-16-7-5-6-8-19(16)21(20(17)11-15)24-14-18(22)13-23-4-2/h5-12,18,22H,3-4,13-14H2,1-2H3. The van der Waals surface area contributed by atoms with Crippen molar-refractivity contribution in [3.63, 3.8) is 0 Å². The zero-order chi connectivity index (χ0) is 16.9. The van der Waals surface area contributed by atoms with Crippen molar-refractivity contribution in [3.05, 3.63) is 54.1 Å². The van der Waals surface area contributed by atoms with Crippen LogP contribution in [-0.2, 0) is 11.2 Å². The summed E-state index contributed by atoms with van der Waals surface area (Å²) in [5.41, 5.74) is 1.28. The molecule has 0 radical (unpaired) electrons. The molecule has 3 heteroatoms. The molecule has 0 heterocycles. The van der Waals surface area contributed by atoms with E-state index in [0.717, 1.165) is 33.7 Å². The third-order valence-electron chi connectivity index (χ3n) is 4.22. The molecule has 3 rings (SSSR count). The summed E-state index contributed by atoms with van der Waals surface area (Å²) < 4.78 is 11.3. The number of hydrogen-bond acceptors (Lipinski definition) is 3. The average Bonchev–Trinajstić information content (AvgIpc) is 2.63. The summed E-state index contributed by atoms with van der Waals surface area (Å²) in [5, 5.41) is 14.5. The topological polar surface area (TPSA) is 38.7 Å². The molecular weight excluding hydrogens is 300 g/mol. The van der Waals surface area contributed by atoms with Crippen LogP contribution in [0.15, 0.2) is 48.5 Å². The highest BCUT2D eigenvalue weighted by atomic mass is 16.5. The molecule has 3 nitrogen and oxygen atoms in total. The number of aliphatic hydroxyl groups is 1. The lowest BCUT2D eigenvalue weighted by Gasteiger charge is -2.16. The largest absolute Gasteiger partial charge is 0.489 e. The first kappa shape index (κ1) is 16.7. The Hall–Kier alpha value is -2.10. The lowest BCUT2D eigenvalue weighted by atomic mass is 9.99. The van der Waals surface area contributed by atoms with E-state index in [9.17, 15) is 5.11 Å². The highest BCUT2D eigenvalue weighted by Crippen LogP contribution is 2.35. The Morgan fingerprint density at radius 1 is 0.917 bits per heavy atom. The third kappa shape index (κ3) is 3.53. The summed E-state index contributed by atoms with van der Waals surface area (Å²) in [4.78, 5) is 0. The Labute approximate surface area is 142 Å². The Morgan fingerprint density at radius 2 is 1.71 bits per heavy atom. The SMILES string of the molecule is CCOCC(O)COc1c2ccccc2cc2ccc(CC)cc12. The Balaban J connectivity index is 2.03. The van der Waals surface area contributed by atoms with Gasteiger partial charge in [0.2, 0.25) is 0 Å². The minimum atomic E-state index is -0.631. The quantitative estimate of drug-likeness (QED) is 0.657. The van der Waals surface area contributed by atoms with Crippen LogP contribution in [0.25, 0.3) is 21.5 Å². The maximum Gasteiger partial charge on any atom is 0.135 e. The molecule has 0 amide bonds. The number of fused-ring (bicyclic) bond motifs is 2. The molecule has 1 N–H and O–H groups in total. The van der Waals surface area contributed by atoms with Gasteiger partial charge in [0.15, 0.2) is 0 Å². The molecule has 126 valence electrons. The van der Waals surface area contributed by atoms with Crippen LogP contribution in [0.1, 0.15) is 19.4 Å². The van der Waals surface area contributed by atoms with Crippen LogP contribution >= 0.6 is 0 Å². The molecule has 0 aliphatic carbocycles. The van der Waals surface area contributed by atoms with Gasteiger partial charge in [-0.15, -0.1) is 0 Å². The van der Waals surface area contributed by atoms with Gasteiger partial charge >= 0.3 is 0 Å². The van der Waals surface area contributed by atoms with Crippen molar-refractivity contribution in [3.8, 4) is 5.75 Å². The Morgan fingerprint density at radius 3 is 2.50 bits per heavy atom. The van der Waals surface area contributed by atoms with E-state index in [1.165, 1.54) is 5.56 Å². The van der Waals surface area contributed by atoms with Crippen molar-refractivity contribution < 1.29 is 14.6 Å². The molecule has 3 aromatic carbocycles. The smallest absolute Gasteiger partial charge is 0.135 e. The van der Waals surface area contributed by atoms with Gasteiger partial charge in [0.1, 0.15) is 18.5 Å². The summed E-state index contributed by atoms with van der Waals surface area (Å²) in [6, 6.07) is 16.9. The molecule has 24 heavy (non-hydrogen) atoms. The van der Waals surface area contributed by atoms with E-state index in [1.807, 2.05) is 19.1 Å². The van der Waals surface area contributed by atoms with Crippen LogP contribution in [-0.4, -0.2) is 31.0 Å². The maximum absolute atomic E-state index is 10.0. The fraction of sp³-hybridized carbons (Fsp3) is 0.333. The van der Waals surface area contributed by atoms with Gasteiger partial charge in [-0.3, -0.25) is 0 Å². The van der Waals surface area contributed by atoms with E-state index in [1.54, 1.807) is 0 Å². The number of hydrogen-bond donors (Lipinski definition) is 1. The van der Waals surface area contributed by atoms with Crippen LogP contribution in [0.4, 0.5) is 0 Å². The van der Waals surface area contributed by atoms with Crippen LogP contribution in [0.3, 0.4) is 0 Å².